The van der Waals surface area contributed by atoms with Gasteiger partial charge in [0.1, 0.15) is 5.82 Å². The summed E-state index contributed by atoms with van der Waals surface area (Å²) in [6.07, 6.45) is 6.03. The van der Waals surface area contributed by atoms with Crippen LogP contribution in [-0.4, -0.2) is 14.1 Å². The van der Waals surface area contributed by atoms with Crippen molar-refractivity contribution in [2.24, 2.45) is 0 Å². The first kappa shape index (κ1) is 58.8. The van der Waals surface area contributed by atoms with Gasteiger partial charge in [0.15, 0.2) is 0 Å². The van der Waals surface area contributed by atoms with Crippen molar-refractivity contribution in [3.8, 4) is 28.7 Å². The number of rotatable bonds is 11. The van der Waals surface area contributed by atoms with Gasteiger partial charge in [-0.15, -0.1) is 29.7 Å². The molecule has 0 unspecified atom stereocenters. The normalized spacial score (nSPS) is 13.0. The van der Waals surface area contributed by atoms with Crippen molar-refractivity contribution in [2.45, 2.75) is 163 Å². The third-order valence-electron chi connectivity index (χ3n) is 16.8. The summed E-state index contributed by atoms with van der Waals surface area (Å²) in [5.74, 6) is 2.02. The molecule has 3 heterocycles. The minimum atomic E-state index is -0.536. The first-order valence-electron chi connectivity index (χ1n) is 28.6. The molecule has 81 heavy (non-hydrogen) atoms. The molecule has 6 heteroatoms. The predicted molar refractivity (Wildman–Crippen MR) is 333 cm³/mol. The molecule has 10 rings (SSSR count). The molecule has 0 N–H and O–H groups in total. The minimum Gasteiger partial charge on any atom is -0.510 e. The fourth-order valence-corrected chi connectivity index (χ4v) is 11.4. The largest absolute Gasteiger partial charge is 0.510 e. The number of hydrogen-bond donors (Lipinski definition) is 0. The maximum absolute atomic E-state index is 7.18. The van der Waals surface area contributed by atoms with E-state index in [0.717, 1.165) is 55.9 Å². The van der Waals surface area contributed by atoms with E-state index in [-0.39, 0.29) is 48.1 Å². The number of benzene rings is 7. The van der Waals surface area contributed by atoms with Crippen molar-refractivity contribution >= 4 is 21.8 Å². The van der Waals surface area contributed by atoms with E-state index in [4.69, 9.17) is 9.72 Å². The Kier molecular flexibility index (Phi) is 15.4. The van der Waals surface area contributed by atoms with E-state index >= 15 is 0 Å². The first-order chi connectivity index (χ1) is 37.4. The average Bonchev–Trinajstić information content (AvgIpc) is 4.24. The number of nitrogens with zero attached hydrogens (tertiary/aromatic N) is 4. The van der Waals surface area contributed by atoms with Gasteiger partial charge in [-0.1, -0.05) is 239 Å². The van der Waals surface area contributed by atoms with Gasteiger partial charge in [-0.25, -0.2) is 4.98 Å². The van der Waals surface area contributed by atoms with Crippen LogP contribution < -0.4 is 9.30 Å². The van der Waals surface area contributed by atoms with E-state index < -0.39 is 10.8 Å². The number of imidazole rings is 1. The van der Waals surface area contributed by atoms with Gasteiger partial charge in [0.2, 0.25) is 0 Å². The Morgan fingerprint density at radius 2 is 0.938 bits per heavy atom. The Morgan fingerprint density at radius 3 is 1.48 bits per heavy atom. The van der Waals surface area contributed by atoms with E-state index in [1.165, 1.54) is 38.9 Å². The van der Waals surface area contributed by atoms with Crippen molar-refractivity contribution in [3.05, 3.63) is 244 Å². The quantitative estimate of drug-likeness (QED) is 0.0956. The molecule has 0 amide bonds. The van der Waals surface area contributed by atoms with Crippen LogP contribution in [0.25, 0.3) is 39.0 Å². The third kappa shape index (κ3) is 11.3. The molecule has 0 atom stereocenters. The molecule has 0 saturated carbocycles. The molecule has 10 aromatic rings. The number of pyridine rings is 1. The van der Waals surface area contributed by atoms with Crippen LogP contribution in [-0.2, 0) is 59.0 Å². The van der Waals surface area contributed by atoms with Gasteiger partial charge in [0.05, 0.1) is 17.1 Å². The molecule has 0 radical (unpaired) electrons. The summed E-state index contributed by atoms with van der Waals surface area (Å²) in [5.41, 5.74) is 14.1. The Morgan fingerprint density at radius 1 is 0.420 bits per heavy atom. The average molecular weight is 1250 g/mol. The van der Waals surface area contributed by atoms with Crippen LogP contribution in [0.1, 0.15) is 181 Å². The smallest absolute Gasteiger partial charge is 0.267 e. The standard InChI is InChI=1S/C75H82N4O.Pt/c1-69(2,3)53-38-39-76-66(46-53)79-64-37-34-54(73(13,14)50-28-22-19-23-29-50)45-63(64)62-36-35-60(48-65(62)79)80-61-44-57(72(10,11)12)43-59(47-61)78-49-77(58-41-55(70(4,5)6)40-56(42-58)71(7,8)9)67(74(15,16)51-30-24-20-25-31-51)68(78)75(17,18)52-32-26-21-27-33-52;/h19-46H,1-18H3;/q-2;. The van der Waals surface area contributed by atoms with Crippen LogP contribution in [0.5, 0.6) is 11.5 Å². The van der Waals surface area contributed by atoms with Crippen LogP contribution >= 0.6 is 0 Å². The zero-order chi connectivity index (χ0) is 57.5. The fourth-order valence-electron chi connectivity index (χ4n) is 11.4. The third-order valence-corrected chi connectivity index (χ3v) is 16.8. The molecule has 0 saturated heterocycles. The van der Waals surface area contributed by atoms with Crippen LogP contribution in [0.2, 0.25) is 0 Å². The van der Waals surface area contributed by atoms with E-state index in [1.807, 2.05) is 6.20 Å². The van der Waals surface area contributed by atoms with E-state index in [0.29, 0.717) is 11.5 Å². The first-order valence-corrected chi connectivity index (χ1v) is 28.6. The number of ether oxygens (including phenoxy) is 1. The van der Waals surface area contributed by atoms with E-state index in [9.17, 15) is 0 Å². The molecule has 420 valence electrons. The van der Waals surface area contributed by atoms with Crippen LogP contribution in [0.15, 0.2) is 170 Å². The maximum atomic E-state index is 7.18. The summed E-state index contributed by atoms with van der Waals surface area (Å²) in [4.78, 5) is 5.05. The van der Waals surface area contributed by atoms with Gasteiger partial charge in [0, 0.05) is 60.5 Å². The summed E-state index contributed by atoms with van der Waals surface area (Å²) >= 11 is 0. The second-order valence-corrected chi connectivity index (χ2v) is 28.0. The molecular formula is C75H82N4OPt-2. The summed E-state index contributed by atoms with van der Waals surface area (Å²) in [5, 5.41) is 2.21. The van der Waals surface area contributed by atoms with Crippen LogP contribution in [0, 0.1) is 18.5 Å². The van der Waals surface area contributed by atoms with Gasteiger partial charge in [-0.05, 0) is 102 Å². The van der Waals surface area contributed by atoms with Gasteiger partial charge in [-0.3, -0.25) is 4.57 Å². The monoisotopic (exact) mass is 1250 g/mol. The predicted octanol–water partition coefficient (Wildman–Crippen LogP) is 18.6. The topological polar surface area (TPSA) is 35.9 Å². The maximum Gasteiger partial charge on any atom is 0.267 e. The summed E-state index contributed by atoms with van der Waals surface area (Å²) in [7, 11) is 0. The second kappa shape index (κ2) is 21.2. The Bertz CT molecular complexity index is 3870. The van der Waals surface area contributed by atoms with Gasteiger partial charge in [-0.2, -0.15) is 17.7 Å². The number of hydrogen-bond acceptors (Lipinski definition) is 2. The zero-order valence-electron chi connectivity index (χ0n) is 51.2. The van der Waals surface area contributed by atoms with Crippen molar-refractivity contribution in [1.82, 2.24) is 14.1 Å². The molecule has 0 aliphatic rings. The van der Waals surface area contributed by atoms with Gasteiger partial charge >= 0.3 is 0 Å². The van der Waals surface area contributed by atoms with Crippen molar-refractivity contribution in [1.29, 1.82) is 0 Å². The SMILES string of the molecule is CC(C)(C)c1cc(Oc2[c-]c3c(cc2)c2cc(C(C)(C)c4ccccc4)ccc2n3-c2cc(C(C)(C)C)ccn2)[c-]c(-n2[c-][n+](-c3cc(C(C)(C)C)cc(C(C)(C)C)c3)c(C(C)(C)c3ccccc3)c2C(C)(C)c2ccccc2)c1.[Pt]. The fraction of sp³-hybridized carbons (Fsp3) is 0.333. The molecule has 3 aromatic heterocycles. The van der Waals surface area contributed by atoms with Crippen LogP contribution in [0.3, 0.4) is 0 Å². The molecule has 0 bridgehead atoms. The molecule has 7 aromatic carbocycles. The minimum absolute atomic E-state index is 0. The molecule has 0 fully saturated rings. The molecule has 0 aliphatic heterocycles. The molecular weight excluding hydrogens is 1170 g/mol. The number of fused-ring (bicyclic) bond motifs is 3. The Hall–Kier alpha value is -6.81. The summed E-state index contributed by atoms with van der Waals surface area (Å²) < 4.78 is 14.1. The summed E-state index contributed by atoms with van der Waals surface area (Å²) in [6, 6.07) is 67.5. The van der Waals surface area contributed by atoms with E-state index in [1.54, 1.807) is 0 Å². The Labute approximate surface area is 498 Å². The molecule has 0 aliphatic carbocycles. The summed E-state index contributed by atoms with van der Waals surface area (Å²) in [6.45, 7) is 41.5. The van der Waals surface area contributed by atoms with E-state index in [2.05, 4.69) is 321 Å². The Balaban J connectivity index is 0.00000792. The zero-order valence-corrected chi connectivity index (χ0v) is 53.5. The van der Waals surface area contributed by atoms with Crippen molar-refractivity contribution in [2.75, 3.05) is 0 Å². The van der Waals surface area contributed by atoms with Crippen LogP contribution in [0.4, 0.5) is 0 Å². The van der Waals surface area contributed by atoms with Gasteiger partial charge in [0.25, 0.3) is 6.33 Å². The molecule has 0 spiro atoms. The van der Waals surface area contributed by atoms with Gasteiger partial charge < -0.3 is 13.9 Å². The van der Waals surface area contributed by atoms with Crippen molar-refractivity contribution < 1.29 is 30.4 Å². The molecule has 5 nitrogen and oxygen atoms in total. The number of aromatic nitrogens is 4. The second-order valence-electron chi connectivity index (χ2n) is 28.0. The van der Waals surface area contributed by atoms with Crippen molar-refractivity contribution in [3.63, 3.8) is 0 Å².